The molecule has 0 aliphatic carbocycles. The van der Waals surface area contributed by atoms with Crippen LogP contribution in [0.1, 0.15) is 5.56 Å². The van der Waals surface area contributed by atoms with Gasteiger partial charge in [0.15, 0.2) is 0 Å². The first kappa shape index (κ1) is 15.4. The summed E-state index contributed by atoms with van der Waals surface area (Å²) < 4.78 is 0. The van der Waals surface area contributed by atoms with Crippen LogP contribution < -0.4 is 10.4 Å². The fourth-order valence-electron chi connectivity index (χ4n) is 2.13. The maximum absolute atomic E-state index is 12.4. The number of benzene rings is 2. The van der Waals surface area contributed by atoms with Crippen molar-refractivity contribution in [3.05, 3.63) is 63.6 Å². The summed E-state index contributed by atoms with van der Waals surface area (Å²) in [5, 5.41) is 11.8. The van der Waals surface area contributed by atoms with Crippen molar-refractivity contribution in [3.8, 4) is 5.75 Å². The van der Waals surface area contributed by atoms with Crippen LogP contribution in [0, 0.1) is 0 Å². The van der Waals surface area contributed by atoms with Gasteiger partial charge in [-0.1, -0.05) is 23.2 Å². The Kier molecular flexibility index (Phi) is 3.98. The number of carbonyl (C=O) groups is 2. The molecule has 0 bridgehead atoms. The number of rotatable bonds is 2. The highest BCUT2D eigenvalue weighted by atomic mass is 35.5. The number of carbonyl (C=O) groups excluding carboxylic acids is 2. The first-order chi connectivity index (χ1) is 11.0. The topological polar surface area (TPSA) is 69.6 Å². The number of phenolic OH excluding ortho intramolecular Hbond substituents is 1. The highest BCUT2D eigenvalue weighted by Crippen LogP contribution is 2.27. The summed E-state index contributed by atoms with van der Waals surface area (Å²) in [6, 6.07) is 10.8. The maximum Gasteiger partial charge on any atom is 0.282 e. The van der Waals surface area contributed by atoms with Gasteiger partial charge in [-0.15, -0.1) is 0 Å². The first-order valence-corrected chi connectivity index (χ1v) is 7.32. The van der Waals surface area contributed by atoms with Crippen LogP contribution in [0.5, 0.6) is 5.75 Å². The quantitative estimate of drug-likeness (QED) is 0.646. The number of hydrogen-bond donors (Lipinski definition) is 2. The van der Waals surface area contributed by atoms with Crippen LogP contribution in [-0.2, 0) is 9.59 Å². The molecule has 116 valence electrons. The highest BCUT2D eigenvalue weighted by Gasteiger charge is 2.34. The number of hydrogen-bond acceptors (Lipinski definition) is 3. The molecule has 2 aromatic carbocycles. The van der Waals surface area contributed by atoms with Gasteiger partial charge >= 0.3 is 0 Å². The highest BCUT2D eigenvalue weighted by molar-refractivity contribution is 6.33. The van der Waals surface area contributed by atoms with Crippen LogP contribution >= 0.6 is 23.2 Å². The van der Waals surface area contributed by atoms with Gasteiger partial charge < -0.3 is 5.11 Å². The Labute approximate surface area is 141 Å². The van der Waals surface area contributed by atoms with E-state index in [1.165, 1.54) is 24.3 Å². The monoisotopic (exact) mass is 348 g/mol. The van der Waals surface area contributed by atoms with Gasteiger partial charge in [-0.25, -0.2) is 5.01 Å². The third kappa shape index (κ3) is 3.02. The molecule has 1 saturated heterocycles. The Morgan fingerprint density at radius 3 is 2.35 bits per heavy atom. The Morgan fingerprint density at radius 1 is 1.00 bits per heavy atom. The van der Waals surface area contributed by atoms with Gasteiger partial charge in [-0.3, -0.25) is 15.0 Å². The zero-order valence-electron chi connectivity index (χ0n) is 11.6. The van der Waals surface area contributed by atoms with E-state index in [1.54, 1.807) is 24.3 Å². The third-order valence-electron chi connectivity index (χ3n) is 3.27. The predicted octanol–water partition coefficient (Wildman–Crippen LogP) is 3.16. The largest absolute Gasteiger partial charge is 0.507 e. The Hall–Kier alpha value is -2.50. The minimum Gasteiger partial charge on any atom is -0.507 e. The van der Waals surface area contributed by atoms with Gasteiger partial charge in [0.05, 0.1) is 5.69 Å². The summed E-state index contributed by atoms with van der Waals surface area (Å²) in [6.45, 7) is 0. The molecule has 1 heterocycles. The Morgan fingerprint density at radius 2 is 1.65 bits per heavy atom. The number of hydrazine groups is 1. The number of anilines is 1. The van der Waals surface area contributed by atoms with Crippen LogP contribution in [0.3, 0.4) is 0 Å². The summed E-state index contributed by atoms with van der Waals surface area (Å²) in [6.07, 6.45) is 1.30. The van der Waals surface area contributed by atoms with Crippen LogP contribution in [-0.4, -0.2) is 16.9 Å². The molecule has 5 nitrogen and oxygen atoms in total. The molecule has 1 fully saturated rings. The lowest BCUT2D eigenvalue weighted by Gasteiger charge is -2.14. The molecule has 0 radical (unpaired) electrons. The van der Waals surface area contributed by atoms with Crippen LogP contribution in [0.4, 0.5) is 5.69 Å². The fourth-order valence-corrected chi connectivity index (χ4v) is 2.43. The van der Waals surface area contributed by atoms with Gasteiger partial charge in [0.1, 0.15) is 11.3 Å². The second-order valence-corrected chi connectivity index (χ2v) is 5.69. The molecule has 1 aliphatic rings. The lowest BCUT2D eigenvalue weighted by atomic mass is 10.1. The van der Waals surface area contributed by atoms with E-state index in [9.17, 15) is 14.7 Å². The Bertz CT molecular complexity index is 832. The van der Waals surface area contributed by atoms with Crippen LogP contribution in [0.25, 0.3) is 6.08 Å². The molecule has 0 atom stereocenters. The number of nitrogens with one attached hydrogen (secondary N) is 1. The van der Waals surface area contributed by atoms with Crippen molar-refractivity contribution in [3.63, 3.8) is 0 Å². The first-order valence-electron chi connectivity index (χ1n) is 6.57. The number of halogens is 2. The molecule has 1 aliphatic heterocycles. The molecule has 2 amide bonds. The van der Waals surface area contributed by atoms with E-state index >= 15 is 0 Å². The summed E-state index contributed by atoms with van der Waals surface area (Å²) in [5.74, 6) is -1.17. The number of amides is 2. The van der Waals surface area contributed by atoms with E-state index in [0.29, 0.717) is 15.7 Å². The lowest BCUT2D eigenvalue weighted by Crippen LogP contribution is -2.35. The van der Waals surface area contributed by atoms with E-state index in [4.69, 9.17) is 23.2 Å². The summed E-state index contributed by atoms with van der Waals surface area (Å²) >= 11 is 11.7. The van der Waals surface area contributed by atoms with E-state index in [1.807, 2.05) is 0 Å². The van der Waals surface area contributed by atoms with Gasteiger partial charge in [-0.05, 0) is 48.5 Å². The minimum absolute atomic E-state index is 0.0764. The van der Waals surface area contributed by atoms with Crippen molar-refractivity contribution in [2.75, 3.05) is 5.01 Å². The maximum atomic E-state index is 12.4. The van der Waals surface area contributed by atoms with Crippen LogP contribution in [0.2, 0.25) is 10.0 Å². The average molecular weight is 349 g/mol. The zero-order chi connectivity index (χ0) is 16.6. The third-order valence-corrected chi connectivity index (χ3v) is 3.75. The van der Waals surface area contributed by atoms with Gasteiger partial charge in [0, 0.05) is 15.6 Å². The molecule has 0 aromatic heterocycles. The van der Waals surface area contributed by atoms with Crippen molar-refractivity contribution in [2.45, 2.75) is 0 Å². The second-order valence-electron chi connectivity index (χ2n) is 4.82. The molecule has 0 unspecified atom stereocenters. The molecular formula is C16H10Cl2N2O3. The van der Waals surface area contributed by atoms with E-state index in [-0.39, 0.29) is 16.9 Å². The Balaban J connectivity index is 1.97. The van der Waals surface area contributed by atoms with Gasteiger partial charge in [0.2, 0.25) is 0 Å². The molecule has 23 heavy (non-hydrogen) atoms. The van der Waals surface area contributed by atoms with Crippen molar-refractivity contribution in [1.82, 2.24) is 5.43 Å². The van der Waals surface area contributed by atoms with E-state index < -0.39 is 11.8 Å². The number of nitrogens with zero attached hydrogens (tertiary/aromatic N) is 1. The van der Waals surface area contributed by atoms with Crippen molar-refractivity contribution < 1.29 is 14.7 Å². The summed E-state index contributed by atoms with van der Waals surface area (Å²) in [7, 11) is 0. The number of aromatic hydroxyl groups is 1. The molecule has 2 aromatic rings. The van der Waals surface area contributed by atoms with Gasteiger partial charge in [-0.2, -0.15) is 0 Å². The summed E-state index contributed by atoms with van der Waals surface area (Å²) in [5.41, 5.74) is 3.13. The minimum atomic E-state index is -0.565. The second kappa shape index (κ2) is 5.95. The van der Waals surface area contributed by atoms with Crippen molar-refractivity contribution in [1.29, 1.82) is 0 Å². The summed E-state index contributed by atoms with van der Waals surface area (Å²) in [4.78, 5) is 24.5. The van der Waals surface area contributed by atoms with E-state index in [2.05, 4.69) is 5.43 Å². The molecule has 7 heteroatoms. The van der Waals surface area contributed by atoms with E-state index in [0.717, 1.165) is 5.01 Å². The average Bonchev–Trinajstić information content (AvgIpc) is 2.80. The molecular weight excluding hydrogens is 339 g/mol. The predicted molar refractivity (Wildman–Crippen MR) is 88.2 cm³/mol. The smallest absolute Gasteiger partial charge is 0.282 e. The number of phenols is 1. The molecule has 2 N–H and O–H groups in total. The zero-order valence-corrected chi connectivity index (χ0v) is 13.1. The SMILES string of the molecule is O=C1NN(c2ccc(Cl)cc2)C(=O)C1=Cc1cc(Cl)ccc1O. The standard InChI is InChI=1S/C16H10Cl2N2O3/c17-10-1-4-12(5-2-10)20-16(23)13(15(22)19-20)8-9-7-11(18)3-6-14(9)21/h1-8,21H,(H,19,22). The fraction of sp³-hybridized carbons (Fsp3) is 0. The van der Waals surface area contributed by atoms with Crippen molar-refractivity contribution >= 4 is 46.8 Å². The van der Waals surface area contributed by atoms with Crippen molar-refractivity contribution in [2.24, 2.45) is 0 Å². The van der Waals surface area contributed by atoms with Gasteiger partial charge in [0.25, 0.3) is 11.8 Å². The normalized spacial score (nSPS) is 16.1. The molecule has 0 saturated carbocycles. The lowest BCUT2D eigenvalue weighted by molar-refractivity contribution is -0.117. The molecule has 3 rings (SSSR count). The molecule has 0 spiro atoms. The van der Waals surface area contributed by atoms with Crippen LogP contribution in [0.15, 0.2) is 48.0 Å².